The zero-order valence-electron chi connectivity index (χ0n) is 13.2. The minimum absolute atomic E-state index is 0.0268. The van der Waals surface area contributed by atoms with Crippen molar-refractivity contribution in [1.29, 1.82) is 0 Å². The van der Waals surface area contributed by atoms with Gasteiger partial charge in [-0.15, -0.1) is 0 Å². The van der Waals surface area contributed by atoms with Gasteiger partial charge < -0.3 is 14.6 Å². The molecule has 0 spiro atoms. The molecule has 3 rings (SSSR count). The Morgan fingerprint density at radius 2 is 1.75 bits per heavy atom. The van der Waals surface area contributed by atoms with Crippen LogP contribution in [0.4, 0.5) is 0 Å². The molecule has 24 heavy (non-hydrogen) atoms. The molecule has 2 N–H and O–H groups in total. The number of carboxylic acid groups (broad SMARTS) is 1. The van der Waals surface area contributed by atoms with E-state index in [2.05, 4.69) is 0 Å². The molecule has 122 valence electrons. The molecule has 0 amide bonds. The van der Waals surface area contributed by atoms with Crippen molar-refractivity contribution in [3.63, 3.8) is 0 Å². The molecule has 0 aliphatic heterocycles. The number of hydrogen-bond donors (Lipinski definition) is 2. The van der Waals surface area contributed by atoms with Gasteiger partial charge in [0, 0.05) is 12.0 Å². The van der Waals surface area contributed by atoms with Crippen molar-refractivity contribution in [2.24, 2.45) is 0 Å². The molecule has 0 atom stereocenters. The molecule has 0 saturated heterocycles. The zero-order valence-corrected chi connectivity index (χ0v) is 13.2. The quantitative estimate of drug-likeness (QED) is 0.760. The van der Waals surface area contributed by atoms with E-state index >= 15 is 0 Å². The standard InChI is InChI=1S/C19H16O5/c1-10(2)18-16(11-3-5-12(6-4-11)19(22)23)17(21)14-8-7-13(20)9-15(14)24-18/h3-10,20H,1-2H3,(H,22,23). The summed E-state index contributed by atoms with van der Waals surface area (Å²) in [6.45, 7) is 3.81. The summed E-state index contributed by atoms with van der Waals surface area (Å²) in [5.41, 5.74) is 1.30. The number of rotatable bonds is 3. The van der Waals surface area contributed by atoms with E-state index in [1.165, 1.54) is 30.3 Å². The average molecular weight is 324 g/mol. The lowest BCUT2D eigenvalue weighted by Crippen LogP contribution is -2.10. The largest absolute Gasteiger partial charge is 0.508 e. The molecule has 2 aromatic carbocycles. The normalized spacial score (nSPS) is 11.1. The van der Waals surface area contributed by atoms with Gasteiger partial charge >= 0.3 is 5.97 Å². The SMILES string of the molecule is CC(C)c1oc2cc(O)ccc2c(=O)c1-c1ccc(C(=O)O)cc1. The maximum atomic E-state index is 12.9. The fourth-order valence-electron chi connectivity index (χ4n) is 2.66. The number of carboxylic acids is 1. The van der Waals surface area contributed by atoms with Gasteiger partial charge in [-0.05, 0) is 29.8 Å². The molecule has 0 aliphatic carbocycles. The zero-order chi connectivity index (χ0) is 17.4. The summed E-state index contributed by atoms with van der Waals surface area (Å²) in [5.74, 6) is -0.551. The number of phenolic OH excluding ortho intramolecular Hbond substituents is 1. The van der Waals surface area contributed by atoms with Crippen molar-refractivity contribution in [3.05, 3.63) is 64.0 Å². The second-order valence-corrected chi connectivity index (χ2v) is 5.89. The van der Waals surface area contributed by atoms with Crippen molar-refractivity contribution < 1.29 is 19.4 Å². The molecule has 1 heterocycles. The van der Waals surface area contributed by atoms with E-state index < -0.39 is 5.97 Å². The van der Waals surface area contributed by atoms with Gasteiger partial charge in [0.05, 0.1) is 16.5 Å². The Hall–Kier alpha value is -3.08. The highest BCUT2D eigenvalue weighted by Gasteiger charge is 2.19. The van der Waals surface area contributed by atoms with Gasteiger partial charge in [-0.2, -0.15) is 0 Å². The summed E-state index contributed by atoms with van der Waals surface area (Å²) in [4.78, 5) is 23.9. The van der Waals surface area contributed by atoms with E-state index in [4.69, 9.17) is 9.52 Å². The topological polar surface area (TPSA) is 87.7 Å². The Kier molecular flexibility index (Phi) is 3.85. The molecule has 0 saturated carbocycles. The van der Waals surface area contributed by atoms with Gasteiger partial charge in [0.15, 0.2) is 0 Å². The van der Waals surface area contributed by atoms with Crippen LogP contribution in [0.3, 0.4) is 0 Å². The molecule has 0 aliphatic rings. The third kappa shape index (κ3) is 2.65. The summed E-state index contributed by atoms with van der Waals surface area (Å²) in [5, 5.41) is 19.0. The monoisotopic (exact) mass is 324 g/mol. The Morgan fingerprint density at radius 1 is 1.08 bits per heavy atom. The molecule has 5 heteroatoms. The van der Waals surface area contributed by atoms with E-state index in [-0.39, 0.29) is 22.7 Å². The molecule has 3 aromatic rings. The third-order valence-electron chi connectivity index (χ3n) is 3.85. The minimum Gasteiger partial charge on any atom is -0.508 e. The first-order valence-corrected chi connectivity index (χ1v) is 7.52. The molecule has 0 bridgehead atoms. The smallest absolute Gasteiger partial charge is 0.335 e. The maximum absolute atomic E-state index is 12.9. The summed E-state index contributed by atoms with van der Waals surface area (Å²) >= 11 is 0. The van der Waals surface area contributed by atoms with Crippen molar-refractivity contribution in [2.45, 2.75) is 19.8 Å². The highest BCUT2D eigenvalue weighted by molar-refractivity contribution is 5.89. The Morgan fingerprint density at radius 3 is 2.33 bits per heavy atom. The second kappa shape index (κ2) is 5.85. The van der Waals surface area contributed by atoms with Crippen molar-refractivity contribution in [1.82, 2.24) is 0 Å². The van der Waals surface area contributed by atoms with Crippen molar-refractivity contribution in [2.75, 3.05) is 0 Å². The number of benzene rings is 2. The average Bonchev–Trinajstić information content (AvgIpc) is 2.54. The number of hydrogen-bond acceptors (Lipinski definition) is 4. The van der Waals surface area contributed by atoms with Gasteiger partial charge in [-0.1, -0.05) is 26.0 Å². The predicted octanol–water partition coefficient (Wildman–Crippen LogP) is 3.99. The van der Waals surface area contributed by atoms with Crippen LogP contribution in [0.1, 0.15) is 35.9 Å². The molecule has 0 radical (unpaired) electrons. The predicted molar refractivity (Wildman–Crippen MR) is 90.6 cm³/mol. The van der Waals surface area contributed by atoms with Crippen LogP contribution in [0.2, 0.25) is 0 Å². The van der Waals surface area contributed by atoms with Gasteiger partial charge in [-0.25, -0.2) is 4.79 Å². The van der Waals surface area contributed by atoms with E-state index in [1.54, 1.807) is 12.1 Å². The summed E-state index contributed by atoms with van der Waals surface area (Å²) in [7, 11) is 0. The Bertz CT molecular complexity index is 981. The maximum Gasteiger partial charge on any atom is 0.335 e. The molecule has 1 aromatic heterocycles. The number of fused-ring (bicyclic) bond motifs is 1. The van der Waals surface area contributed by atoms with Crippen LogP contribution in [0, 0.1) is 0 Å². The molecular formula is C19H16O5. The first-order valence-electron chi connectivity index (χ1n) is 7.52. The third-order valence-corrected chi connectivity index (χ3v) is 3.85. The molecular weight excluding hydrogens is 308 g/mol. The van der Waals surface area contributed by atoms with Gasteiger partial charge in [0.25, 0.3) is 0 Å². The Balaban J connectivity index is 2.31. The highest BCUT2D eigenvalue weighted by Crippen LogP contribution is 2.31. The van der Waals surface area contributed by atoms with E-state index in [0.717, 1.165) is 0 Å². The van der Waals surface area contributed by atoms with E-state index in [0.29, 0.717) is 27.9 Å². The fraction of sp³-hybridized carbons (Fsp3) is 0.158. The number of phenols is 1. The summed E-state index contributed by atoms with van der Waals surface area (Å²) in [6.07, 6.45) is 0. The molecule has 5 nitrogen and oxygen atoms in total. The summed E-state index contributed by atoms with van der Waals surface area (Å²) in [6, 6.07) is 10.5. The lowest BCUT2D eigenvalue weighted by Gasteiger charge is -2.13. The van der Waals surface area contributed by atoms with Gasteiger partial charge in [-0.3, -0.25) is 4.79 Å². The van der Waals surface area contributed by atoms with Crippen LogP contribution in [-0.2, 0) is 0 Å². The molecule has 0 unspecified atom stereocenters. The second-order valence-electron chi connectivity index (χ2n) is 5.89. The van der Waals surface area contributed by atoms with Crippen LogP contribution < -0.4 is 5.43 Å². The highest BCUT2D eigenvalue weighted by atomic mass is 16.4. The minimum atomic E-state index is -1.02. The number of aromatic carboxylic acids is 1. The van der Waals surface area contributed by atoms with Crippen LogP contribution >= 0.6 is 0 Å². The van der Waals surface area contributed by atoms with Crippen LogP contribution in [-0.4, -0.2) is 16.2 Å². The lowest BCUT2D eigenvalue weighted by molar-refractivity contribution is 0.0697. The Labute approximate surface area is 137 Å². The van der Waals surface area contributed by atoms with Crippen molar-refractivity contribution >= 4 is 16.9 Å². The van der Waals surface area contributed by atoms with E-state index in [9.17, 15) is 14.7 Å². The van der Waals surface area contributed by atoms with Gasteiger partial charge in [0.2, 0.25) is 5.43 Å². The summed E-state index contributed by atoms with van der Waals surface area (Å²) < 4.78 is 5.87. The van der Waals surface area contributed by atoms with Crippen LogP contribution in [0.5, 0.6) is 5.75 Å². The van der Waals surface area contributed by atoms with E-state index in [1.807, 2.05) is 13.8 Å². The first-order chi connectivity index (χ1) is 11.4. The van der Waals surface area contributed by atoms with Crippen molar-refractivity contribution in [3.8, 4) is 16.9 Å². The number of carbonyl (C=O) groups is 1. The lowest BCUT2D eigenvalue weighted by atomic mass is 9.96. The van der Waals surface area contributed by atoms with Crippen LogP contribution in [0.25, 0.3) is 22.1 Å². The van der Waals surface area contributed by atoms with Gasteiger partial charge in [0.1, 0.15) is 17.1 Å². The fourth-order valence-corrected chi connectivity index (χ4v) is 2.66. The molecule has 0 fully saturated rings. The number of aromatic hydroxyl groups is 1. The first kappa shape index (κ1) is 15.8. The van der Waals surface area contributed by atoms with Crippen LogP contribution in [0.15, 0.2) is 51.7 Å².